The highest BCUT2D eigenvalue weighted by atomic mass is 79.9. The number of nitrogens with two attached hydrogens (primary N) is 1. The fraction of sp³-hybridized carbons (Fsp3) is 0.455. The molecule has 1 aromatic carbocycles. The molecule has 1 aliphatic heterocycles. The summed E-state index contributed by atoms with van der Waals surface area (Å²) in [4.78, 5) is 0. The average Bonchev–Trinajstić information content (AvgIpc) is 2.75. The van der Waals surface area contributed by atoms with Gasteiger partial charge >= 0.3 is 0 Å². The Bertz CT molecular complexity index is 355. The molecule has 0 bridgehead atoms. The van der Waals surface area contributed by atoms with Crippen molar-refractivity contribution in [2.75, 3.05) is 13.2 Å². The summed E-state index contributed by atoms with van der Waals surface area (Å²) >= 11 is 6.99. The lowest BCUT2D eigenvalue weighted by molar-refractivity contribution is 0.140. The molecule has 2 N–H and O–H groups in total. The first-order chi connectivity index (χ1) is 7.70. The minimum absolute atomic E-state index is 0.149. The molecule has 1 heterocycles. The lowest BCUT2D eigenvalue weighted by Crippen LogP contribution is -2.16. The standard InChI is InChI=1S/C11H13Br2NO2/c12-9-3-7(5-14)4-10(13)11(9)16-8-1-2-15-6-8/h3-4,8H,1-2,5-6,14H2. The minimum atomic E-state index is 0.149. The van der Waals surface area contributed by atoms with Gasteiger partial charge in [-0.2, -0.15) is 0 Å². The highest BCUT2D eigenvalue weighted by Gasteiger charge is 2.20. The van der Waals surface area contributed by atoms with Gasteiger partial charge in [-0.15, -0.1) is 0 Å². The molecule has 1 atom stereocenters. The van der Waals surface area contributed by atoms with Gasteiger partial charge in [-0.25, -0.2) is 0 Å². The van der Waals surface area contributed by atoms with Gasteiger partial charge in [0.15, 0.2) is 0 Å². The Morgan fingerprint density at radius 3 is 2.56 bits per heavy atom. The van der Waals surface area contributed by atoms with Gasteiger partial charge in [0.05, 0.1) is 22.2 Å². The molecule has 0 spiro atoms. The molecule has 1 fully saturated rings. The molecule has 1 aromatic rings. The fourth-order valence-corrected chi connectivity index (χ4v) is 3.08. The van der Waals surface area contributed by atoms with Gasteiger partial charge < -0.3 is 15.2 Å². The van der Waals surface area contributed by atoms with E-state index < -0.39 is 0 Å². The lowest BCUT2D eigenvalue weighted by atomic mass is 10.2. The monoisotopic (exact) mass is 349 g/mol. The number of ether oxygens (including phenoxy) is 2. The van der Waals surface area contributed by atoms with Crippen molar-refractivity contribution in [1.29, 1.82) is 0 Å². The molecule has 0 aliphatic carbocycles. The minimum Gasteiger partial charge on any atom is -0.486 e. The van der Waals surface area contributed by atoms with Crippen LogP contribution in [0.15, 0.2) is 21.1 Å². The third kappa shape index (κ3) is 2.77. The normalized spacial score (nSPS) is 20.1. The Labute approximate surface area is 112 Å². The Morgan fingerprint density at radius 1 is 1.38 bits per heavy atom. The Morgan fingerprint density at radius 2 is 2.06 bits per heavy atom. The van der Waals surface area contributed by atoms with E-state index in [9.17, 15) is 0 Å². The van der Waals surface area contributed by atoms with E-state index in [-0.39, 0.29) is 6.10 Å². The first kappa shape index (κ1) is 12.4. The molecule has 1 saturated heterocycles. The summed E-state index contributed by atoms with van der Waals surface area (Å²) in [5.74, 6) is 0.827. The van der Waals surface area contributed by atoms with Gasteiger partial charge in [0.2, 0.25) is 0 Å². The molecule has 0 radical (unpaired) electrons. The van der Waals surface area contributed by atoms with E-state index >= 15 is 0 Å². The van der Waals surface area contributed by atoms with E-state index in [1.165, 1.54) is 0 Å². The SMILES string of the molecule is NCc1cc(Br)c(OC2CCOC2)c(Br)c1. The van der Waals surface area contributed by atoms with Crippen molar-refractivity contribution in [2.45, 2.75) is 19.1 Å². The van der Waals surface area contributed by atoms with Crippen LogP contribution in [0.1, 0.15) is 12.0 Å². The molecule has 0 saturated carbocycles. The molecule has 16 heavy (non-hydrogen) atoms. The van der Waals surface area contributed by atoms with Crippen molar-refractivity contribution in [3.63, 3.8) is 0 Å². The molecule has 0 amide bonds. The number of benzene rings is 1. The summed E-state index contributed by atoms with van der Waals surface area (Å²) in [7, 11) is 0. The second-order valence-electron chi connectivity index (χ2n) is 3.70. The van der Waals surface area contributed by atoms with Gasteiger partial charge in [-0.1, -0.05) is 0 Å². The largest absolute Gasteiger partial charge is 0.486 e. The maximum absolute atomic E-state index is 5.88. The molecule has 1 aliphatic rings. The molecule has 0 aromatic heterocycles. The number of hydrogen-bond donors (Lipinski definition) is 1. The molecule has 2 rings (SSSR count). The number of halogens is 2. The molecule has 5 heteroatoms. The summed E-state index contributed by atoms with van der Waals surface area (Å²) in [5.41, 5.74) is 6.66. The Balaban J connectivity index is 2.19. The fourth-order valence-electron chi connectivity index (χ4n) is 1.62. The van der Waals surface area contributed by atoms with E-state index in [0.717, 1.165) is 33.3 Å². The second-order valence-corrected chi connectivity index (χ2v) is 5.40. The molecule has 1 unspecified atom stereocenters. The molecule has 3 nitrogen and oxygen atoms in total. The van der Waals surface area contributed by atoms with Crippen LogP contribution in [0.2, 0.25) is 0 Å². The van der Waals surface area contributed by atoms with Crippen LogP contribution in [0.3, 0.4) is 0 Å². The van der Waals surface area contributed by atoms with Crippen molar-refractivity contribution in [2.24, 2.45) is 5.73 Å². The smallest absolute Gasteiger partial charge is 0.148 e. The van der Waals surface area contributed by atoms with Crippen LogP contribution in [0, 0.1) is 0 Å². The average molecular weight is 351 g/mol. The van der Waals surface area contributed by atoms with Crippen molar-refractivity contribution in [1.82, 2.24) is 0 Å². The van der Waals surface area contributed by atoms with Crippen molar-refractivity contribution in [3.05, 3.63) is 26.6 Å². The van der Waals surface area contributed by atoms with Gasteiger partial charge in [-0.3, -0.25) is 0 Å². The van der Waals surface area contributed by atoms with Crippen LogP contribution < -0.4 is 10.5 Å². The maximum atomic E-state index is 5.88. The van der Waals surface area contributed by atoms with Crippen LogP contribution in [0.5, 0.6) is 5.75 Å². The quantitative estimate of drug-likeness (QED) is 0.911. The van der Waals surface area contributed by atoms with E-state index in [2.05, 4.69) is 31.9 Å². The van der Waals surface area contributed by atoms with E-state index in [1.807, 2.05) is 12.1 Å². The first-order valence-corrected chi connectivity index (χ1v) is 6.71. The zero-order valence-corrected chi connectivity index (χ0v) is 11.9. The van der Waals surface area contributed by atoms with E-state index in [4.69, 9.17) is 15.2 Å². The molecular weight excluding hydrogens is 338 g/mol. The third-order valence-corrected chi connectivity index (χ3v) is 3.64. The highest BCUT2D eigenvalue weighted by Crippen LogP contribution is 2.36. The first-order valence-electron chi connectivity index (χ1n) is 5.13. The molecule has 88 valence electrons. The predicted molar refractivity (Wildman–Crippen MR) is 69.6 cm³/mol. The van der Waals surface area contributed by atoms with Gasteiger partial charge in [0.25, 0.3) is 0 Å². The van der Waals surface area contributed by atoms with Crippen LogP contribution in [0.25, 0.3) is 0 Å². The number of rotatable bonds is 3. The summed E-state index contributed by atoms with van der Waals surface area (Å²) in [6.07, 6.45) is 1.09. The number of hydrogen-bond acceptors (Lipinski definition) is 3. The van der Waals surface area contributed by atoms with Crippen LogP contribution in [0.4, 0.5) is 0 Å². The topological polar surface area (TPSA) is 44.5 Å². The van der Waals surface area contributed by atoms with Crippen LogP contribution >= 0.6 is 31.9 Å². The van der Waals surface area contributed by atoms with Gasteiger partial charge in [0.1, 0.15) is 11.9 Å². The van der Waals surface area contributed by atoms with Crippen molar-refractivity contribution in [3.8, 4) is 5.75 Å². The third-order valence-electron chi connectivity index (χ3n) is 2.47. The van der Waals surface area contributed by atoms with Crippen LogP contribution in [-0.2, 0) is 11.3 Å². The van der Waals surface area contributed by atoms with Gasteiger partial charge in [0, 0.05) is 13.0 Å². The lowest BCUT2D eigenvalue weighted by Gasteiger charge is -2.15. The Kier molecular flexibility index (Phi) is 4.24. The molecular formula is C11H13Br2NO2. The predicted octanol–water partition coefficient (Wildman–Crippen LogP) is 2.84. The second kappa shape index (κ2) is 5.49. The van der Waals surface area contributed by atoms with E-state index in [0.29, 0.717) is 13.2 Å². The van der Waals surface area contributed by atoms with E-state index in [1.54, 1.807) is 0 Å². The summed E-state index contributed by atoms with van der Waals surface area (Å²) in [6, 6.07) is 3.96. The summed E-state index contributed by atoms with van der Waals surface area (Å²) in [5, 5.41) is 0. The summed E-state index contributed by atoms with van der Waals surface area (Å²) < 4.78 is 13.0. The highest BCUT2D eigenvalue weighted by molar-refractivity contribution is 9.11. The zero-order chi connectivity index (χ0) is 11.5. The zero-order valence-electron chi connectivity index (χ0n) is 8.71. The van der Waals surface area contributed by atoms with Crippen molar-refractivity contribution >= 4 is 31.9 Å². The van der Waals surface area contributed by atoms with Crippen molar-refractivity contribution < 1.29 is 9.47 Å². The Hall–Kier alpha value is -0.100. The van der Waals surface area contributed by atoms with Crippen LogP contribution in [-0.4, -0.2) is 19.3 Å². The maximum Gasteiger partial charge on any atom is 0.148 e. The van der Waals surface area contributed by atoms with Gasteiger partial charge in [-0.05, 0) is 49.6 Å². The summed E-state index contributed by atoms with van der Waals surface area (Å²) in [6.45, 7) is 1.96.